The average Bonchev–Trinajstić information content (AvgIpc) is 2.59. The molecular weight excluding hydrogens is 327 g/mol. The van der Waals surface area contributed by atoms with Gasteiger partial charge < -0.3 is 4.90 Å². The van der Waals surface area contributed by atoms with Crippen LogP contribution in [0.15, 0.2) is 18.5 Å². The minimum atomic E-state index is -0.996. The smallest absolute Gasteiger partial charge is 0.139 e. The normalized spacial score (nSPS) is 19.6. The van der Waals surface area contributed by atoms with E-state index in [2.05, 4.69) is 19.6 Å². The molecule has 0 saturated carbocycles. The molecule has 1 N–H and O–H groups in total. The Bertz CT molecular complexity index is 755. The van der Waals surface area contributed by atoms with E-state index in [1.54, 1.807) is 18.6 Å². The maximum atomic E-state index is 14.2. The van der Waals surface area contributed by atoms with Gasteiger partial charge in [0.25, 0.3) is 0 Å². The number of anilines is 1. The van der Waals surface area contributed by atoms with Gasteiger partial charge in [0.15, 0.2) is 0 Å². The van der Waals surface area contributed by atoms with Gasteiger partial charge >= 0.3 is 0 Å². The number of aryl methyl sites for hydroxylation is 1. The predicted octanol–water partition coefficient (Wildman–Crippen LogP) is 2.43. The van der Waals surface area contributed by atoms with Crippen LogP contribution >= 0.6 is 0 Å². The minimum Gasteiger partial charge on any atom is -0.356 e. The highest BCUT2D eigenvalue weighted by Crippen LogP contribution is 2.29. The number of benzene rings is 1. The lowest BCUT2D eigenvalue weighted by molar-refractivity contribution is 0.413. The molecule has 2 aromatic rings. The topological polar surface area (TPSA) is 58.1 Å². The quantitative estimate of drug-likeness (QED) is 0.900. The molecule has 1 aliphatic heterocycles. The van der Waals surface area contributed by atoms with E-state index >= 15 is 0 Å². The van der Waals surface area contributed by atoms with Gasteiger partial charge in [0.1, 0.15) is 18.0 Å². The number of fused-ring (bicyclic) bond motifs is 1. The molecule has 0 aliphatic carbocycles. The summed E-state index contributed by atoms with van der Waals surface area (Å²) in [5.41, 5.74) is 1.46. The van der Waals surface area contributed by atoms with Crippen LogP contribution in [0.5, 0.6) is 0 Å². The summed E-state index contributed by atoms with van der Waals surface area (Å²) in [7, 11) is -0.996. The van der Waals surface area contributed by atoms with Crippen LogP contribution in [0.1, 0.15) is 25.3 Å². The van der Waals surface area contributed by atoms with Crippen molar-refractivity contribution < 1.29 is 8.60 Å². The van der Waals surface area contributed by atoms with Gasteiger partial charge in [-0.1, -0.05) is 6.92 Å². The van der Waals surface area contributed by atoms with E-state index in [9.17, 15) is 8.60 Å². The highest BCUT2D eigenvalue weighted by Gasteiger charge is 2.23. The fourth-order valence-corrected chi connectivity index (χ4v) is 3.76. The van der Waals surface area contributed by atoms with Gasteiger partial charge in [-0.3, -0.25) is 0 Å². The molecule has 2 unspecified atom stereocenters. The first-order chi connectivity index (χ1) is 11.6. The van der Waals surface area contributed by atoms with Crippen LogP contribution in [0, 0.1) is 11.7 Å². The third-order valence-electron chi connectivity index (χ3n) is 4.56. The molecule has 0 bridgehead atoms. The number of hydrogen-bond acceptors (Lipinski definition) is 4. The molecule has 0 amide bonds. The summed E-state index contributed by atoms with van der Waals surface area (Å²) < 4.78 is 28.5. The molecule has 24 heavy (non-hydrogen) atoms. The van der Waals surface area contributed by atoms with Crippen LogP contribution in [0.4, 0.5) is 10.2 Å². The summed E-state index contributed by atoms with van der Waals surface area (Å²) in [5, 5.41) is 0.764. The first-order valence-electron chi connectivity index (χ1n) is 8.33. The second-order valence-electron chi connectivity index (χ2n) is 6.27. The van der Waals surface area contributed by atoms with E-state index in [0.29, 0.717) is 17.9 Å². The van der Waals surface area contributed by atoms with Crippen molar-refractivity contribution in [3.8, 4) is 0 Å². The standard InChI is InChI=1S/C17H23FN4OS/c1-3-13-7-16-14(8-15(13)18)17(20-11-19-16)22-6-4-5-12(10-22)9-21-24(2)23/h7-8,11-12,21H,3-6,9-10H2,1-2H3. The Morgan fingerprint density at radius 3 is 3.00 bits per heavy atom. The average molecular weight is 350 g/mol. The number of hydrogen-bond donors (Lipinski definition) is 1. The molecule has 1 saturated heterocycles. The Labute approximate surface area is 144 Å². The van der Waals surface area contributed by atoms with Gasteiger partial charge in [-0.25, -0.2) is 23.3 Å². The van der Waals surface area contributed by atoms with E-state index in [0.717, 1.165) is 49.2 Å². The first kappa shape index (κ1) is 17.2. The summed E-state index contributed by atoms with van der Waals surface area (Å²) in [6, 6.07) is 3.38. The summed E-state index contributed by atoms with van der Waals surface area (Å²) in [5.74, 6) is 1.01. The van der Waals surface area contributed by atoms with Crippen molar-refractivity contribution in [2.45, 2.75) is 26.2 Å². The van der Waals surface area contributed by atoms with E-state index in [-0.39, 0.29) is 5.82 Å². The number of piperidine rings is 1. The highest BCUT2D eigenvalue weighted by molar-refractivity contribution is 7.82. The predicted molar refractivity (Wildman–Crippen MR) is 95.9 cm³/mol. The number of aromatic nitrogens is 2. The lowest BCUT2D eigenvalue weighted by Gasteiger charge is -2.34. The first-order valence-corrected chi connectivity index (χ1v) is 9.89. The minimum absolute atomic E-state index is 0.197. The summed E-state index contributed by atoms with van der Waals surface area (Å²) in [6.07, 6.45) is 5.99. The van der Waals surface area contributed by atoms with Gasteiger partial charge in [0.2, 0.25) is 0 Å². The van der Waals surface area contributed by atoms with Gasteiger partial charge in [0, 0.05) is 31.3 Å². The second kappa shape index (κ2) is 7.53. The van der Waals surface area contributed by atoms with E-state index in [1.165, 1.54) is 0 Å². The molecule has 130 valence electrons. The van der Waals surface area contributed by atoms with Crippen LogP contribution in [0.25, 0.3) is 10.9 Å². The van der Waals surface area contributed by atoms with Crippen molar-refractivity contribution in [3.63, 3.8) is 0 Å². The Kier molecular flexibility index (Phi) is 5.40. The summed E-state index contributed by atoms with van der Waals surface area (Å²) in [4.78, 5) is 10.9. The lowest BCUT2D eigenvalue weighted by atomic mass is 9.98. The van der Waals surface area contributed by atoms with E-state index in [1.807, 2.05) is 13.0 Å². The van der Waals surface area contributed by atoms with Gasteiger partial charge in [-0.05, 0) is 42.9 Å². The maximum Gasteiger partial charge on any atom is 0.139 e. The third kappa shape index (κ3) is 3.72. The van der Waals surface area contributed by atoms with Crippen molar-refractivity contribution in [1.82, 2.24) is 14.7 Å². The van der Waals surface area contributed by atoms with Crippen LogP contribution in [-0.4, -0.2) is 40.1 Å². The summed E-state index contributed by atoms with van der Waals surface area (Å²) in [6.45, 7) is 4.38. The van der Waals surface area contributed by atoms with Crippen LogP contribution in [0.3, 0.4) is 0 Å². The van der Waals surface area contributed by atoms with Crippen LogP contribution < -0.4 is 9.62 Å². The van der Waals surface area contributed by atoms with Crippen molar-refractivity contribution in [2.75, 3.05) is 30.8 Å². The summed E-state index contributed by atoms with van der Waals surface area (Å²) >= 11 is 0. The second-order valence-corrected chi connectivity index (χ2v) is 7.47. The van der Waals surface area contributed by atoms with Gasteiger partial charge in [0.05, 0.1) is 16.5 Å². The third-order valence-corrected chi connectivity index (χ3v) is 5.13. The molecule has 5 nitrogen and oxygen atoms in total. The van der Waals surface area contributed by atoms with Crippen LogP contribution in [-0.2, 0) is 17.4 Å². The largest absolute Gasteiger partial charge is 0.356 e. The van der Waals surface area contributed by atoms with Crippen molar-refractivity contribution in [2.24, 2.45) is 5.92 Å². The fraction of sp³-hybridized carbons (Fsp3) is 0.529. The molecule has 1 aromatic heterocycles. The van der Waals surface area contributed by atoms with Gasteiger partial charge in [-0.2, -0.15) is 0 Å². The Balaban J connectivity index is 1.88. The molecule has 1 aromatic carbocycles. The molecular formula is C17H23FN4OS. The number of halogens is 1. The number of nitrogens with one attached hydrogen (secondary N) is 1. The zero-order chi connectivity index (χ0) is 17.1. The van der Waals surface area contributed by atoms with E-state index < -0.39 is 11.0 Å². The zero-order valence-electron chi connectivity index (χ0n) is 14.1. The number of nitrogens with zero attached hydrogens (tertiary/aromatic N) is 3. The Hall–Kier alpha value is -1.60. The Morgan fingerprint density at radius 1 is 1.42 bits per heavy atom. The Morgan fingerprint density at radius 2 is 2.25 bits per heavy atom. The van der Waals surface area contributed by atoms with Gasteiger partial charge in [-0.15, -0.1) is 0 Å². The van der Waals surface area contributed by atoms with Crippen LogP contribution in [0.2, 0.25) is 0 Å². The van der Waals surface area contributed by atoms with E-state index in [4.69, 9.17) is 0 Å². The van der Waals surface area contributed by atoms with Crippen molar-refractivity contribution >= 4 is 27.7 Å². The number of rotatable bonds is 5. The maximum absolute atomic E-state index is 14.2. The molecule has 0 spiro atoms. The zero-order valence-corrected chi connectivity index (χ0v) is 14.9. The highest BCUT2D eigenvalue weighted by atomic mass is 32.2. The monoisotopic (exact) mass is 350 g/mol. The lowest BCUT2D eigenvalue weighted by Crippen LogP contribution is -2.40. The molecule has 2 atom stereocenters. The van der Waals surface area contributed by atoms with Crippen molar-refractivity contribution in [1.29, 1.82) is 0 Å². The molecule has 1 fully saturated rings. The molecule has 1 aliphatic rings. The fourth-order valence-electron chi connectivity index (χ4n) is 3.29. The molecule has 3 rings (SSSR count). The van der Waals surface area contributed by atoms with Crippen molar-refractivity contribution in [3.05, 3.63) is 29.8 Å². The molecule has 2 heterocycles. The SMILES string of the molecule is CCc1cc2ncnc(N3CCCC(CNS(C)=O)C3)c2cc1F. The molecule has 7 heteroatoms. The molecule has 0 radical (unpaired) electrons.